The SMILES string of the molecule is CCOc1cc(/C=C2\SC(=S)N(c3ccc(Cl)c(Cl)c3)C2=O)ccc1Oc1nc(Cl)ncc1F. The Bertz CT molecular complexity index is 1340. The van der Waals surface area contributed by atoms with Gasteiger partial charge in [-0.05, 0) is 60.5 Å². The first-order valence-electron chi connectivity index (χ1n) is 9.62. The van der Waals surface area contributed by atoms with Crippen molar-refractivity contribution in [3.05, 3.63) is 74.2 Å². The predicted molar refractivity (Wildman–Crippen MR) is 137 cm³/mol. The molecular weight excluding hydrogens is 544 g/mol. The van der Waals surface area contributed by atoms with Crippen LogP contribution in [0.1, 0.15) is 12.5 Å². The topological polar surface area (TPSA) is 64.5 Å². The van der Waals surface area contributed by atoms with Crippen molar-refractivity contribution < 1.29 is 18.7 Å². The van der Waals surface area contributed by atoms with Crippen LogP contribution in [0.4, 0.5) is 10.1 Å². The first kappa shape index (κ1) is 24.7. The Morgan fingerprint density at radius 3 is 2.68 bits per heavy atom. The summed E-state index contributed by atoms with van der Waals surface area (Å²) in [4.78, 5) is 22.1. The molecule has 1 aliphatic heterocycles. The van der Waals surface area contributed by atoms with Crippen LogP contribution < -0.4 is 14.4 Å². The Hall–Kier alpha value is -2.43. The number of amides is 1. The number of hydrogen-bond acceptors (Lipinski definition) is 7. The molecule has 6 nitrogen and oxygen atoms in total. The summed E-state index contributed by atoms with van der Waals surface area (Å²) in [5.41, 5.74) is 1.16. The number of aromatic nitrogens is 2. The van der Waals surface area contributed by atoms with Crippen molar-refractivity contribution in [3.8, 4) is 17.4 Å². The largest absolute Gasteiger partial charge is 0.490 e. The lowest BCUT2D eigenvalue weighted by molar-refractivity contribution is -0.113. The fourth-order valence-electron chi connectivity index (χ4n) is 2.94. The first-order valence-corrected chi connectivity index (χ1v) is 12.0. The number of ether oxygens (including phenoxy) is 2. The second-order valence-electron chi connectivity index (χ2n) is 6.65. The zero-order chi connectivity index (χ0) is 24.4. The molecule has 3 aromatic rings. The lowest BCUT2D eigenvalue weighted by Crippen LogP contribution is -2.27. The van der Waals surface area contributed by atoms with Gasteiger partial charge >= 0.3 is 0 Å². The number of carbonyl (C=O) groups excluding carboxylic acids is 1. The Kier molecular flexibility index (Phi) is 7.59. The zero-order valence-corrected chi connectivity index (χ0v) is 21.1. The maximum absolute atomic E-state index is 14.0. The molecule has 1 fully saturated rings. The van der Waals surface area contributed by atoms with Crippen molar-refractivity contribution >= 4 is 80.8 Å². The third kappa shape index (κ3) is 5.29. The maximum atomic E-state index is 14.0. The molecule has 174 valence electrons. The van der Waals surface area contributed by atoms with E-state index in [0.29, 0.717) is 42.9 Å². The number of anilines is 1. The van der Waals surface area contributed by atoms with Crippen molar-refractivity contribution in [3.63, 3.8) is 0 Å². The molecule has 0 saturated carbocycles. The lowest BCUT2D eigenvalue weighted by Gasteiger charge is -2.15. The highest BCUT2D eigenvalue weighted by Crippen LogP contribution is 2.39. The van der Waals surface area contributed by atoms with Gasteiger partial charge in [-0.2, -0.15) is 9.37 Å². The standard InChI is InChI=1S/C22H13Cl3FN3O3S2/c1-2-31-17-7-11(3-6-16(17)32-19-15(26)10-27-21(25)28-19)8-18-20(30)29(22(33)34-18)12-4-5-13(23)14(24)9-12/h3-10H,2H2,1H3/b18-8-. The minimum Gasteiger partial charge on any atom is -0.490 e. The lowest BCUT2D eigenvalue weighted by atomic mass is 10.1. The van der Waals surface area contributed by atoms with Gasteiger partial charge in [-0.1, -0.05) is 53.2 Å². The monoisotopic (exact) mass is 555 g/mol. The number of nitrogens with zero attached hydrogens (tertiary/aromatic N) is 3. The fraction of sp³-hybridized carbons (Fsp3) is 0.0909. The van der Waals surface area contributed by atoms with Crippen LogP contribution in [-0.2, 0) is 4.79 Å². The van der Waals surface area contributed by atoms with Crippen LogP contribution in [0, 0.1) is 5.82 Å². The third-order valence-corrected chi connectivity index (χ3v) is 6.63. The van der Waals surface area contributed by atoms with E-state index in [-0.39, 0.29) is 22.8 Å². The van der Waals surface area contributed by atoms with Gasteiger partial charge in [-0.3, -0.25) is 9.69 Å². The van der Waals surface area contributed by atoms with Crippen LogP contribution in [0.2, 0.25) is 15.3 Å². The van der Waals surface area contributed by atoms with Gasteiger partial charge in [0.05, 0.1) is 33.4 Å². The summed E-state index contributed by atoms with van der Waals surface area (Å²) in [5.74, 6) is -0.871. The van der Waals surface area contributed by atoms with Gasteiger partial charge in [0, 0.05) is 0 Å². The molecule has 2 heterocycles. The summed E-state index contributed by atoms with van der Waals surface area (Å²) >= 11 is 24.4. The van der Waals surface area contributed by atoms with Gasteiger partial charge in [-0.15, -0.1) is 0 Å². The maximum Gasteiger partial charge on any atom is 0.270 e. The van der Waals surface area contributed by atoms with Crippen LogP contribution in [0.25, 0.3) is 6.08 Å². The minimum absolute atomic E-state index is 0.157. The molecule has 0 atom stereocenters. The summed E-state index contributed by atoms with van der Waals surface area (Å²) in [6.45, 7) is 2.12. The minimum atomic E-state index is -0.776. The van der Waals surface area contributed by atoms with E-state index in [1.807, 2.05) is 0 Å². The second-order valence-corrected chi connectivity index (χ2v) is 9.48. The fourth-order valence-corrected chi connectivity index (χ4v) is 4.66. The quantitative estimate of drug-likeness (QED) is 0.181. The van der Waals surface area contributed by atoms with Crippen molar-refractivity contribution in [1.82, 2.24) is 9.97 Å². The highest BCUT2D eigenvalue weighted by Gasteiger charge is 2.33. The number of thiocarbonyl (C=S) groups is 1. The zero-order valence-electron chi connectivity index (χ0n) is 17.2. The number of rotatable bonds is 6. The van der Waals surface area contributed by atoms with E-state index >= 15 is 0 Å². The molecule has 1 saturated heterocycles. The first-order chi connectivity index (χ1) is 16.3. The Morgan fingerprint density at radius 2 is 1.94 bits per heavy atom. The molecule has 0 unspecified atom stereocenters. The molecule has 0 aliphatic carbocycles. The predicted octanol–water partition coefficient (Wildman–Crippen LogP) is 7.17. The Morgan fingerprint density at radius 1 is 1.15 bits per heavy atom. The normalized spacial score (nSPS) is 14.7. The van der Waals surface area contributed by atoms with E-state index < -0.39 is 5.82 Å². The van der Waals surface area contributed by atoms with E-state index in [9.17, 15) is 9.18 Å². The number of thioether (sulfide) groups is 1. The van der Waals surface area contributed by atoms with E-state index in [0.717, 1.165) is 18.0 Å². The summed E-state index contributed by atoms with van der Waals surface area (Å²) in [7, 11) is 0. The molecule has 2 aromatic carbocycles. The number of hydrogen-bond donors (Lipinski definition) is 0. The molecule has 0 radical (unpaired) electrons. The number of halogens is 4. The molecule has 12 heteroatoms. The molecule has 0 bridgehead atoms. The van der Waals surface area contributed by atoms with Crippen LogP contribution in [0.15, 0.2) is 47.5 Å². The van der Waals surface area contributed by atoms with E-state index in [4.69, 9.17) is 56.5 Å². The van der Waals surface area contributed by atoms with Crippen LogP contribution in [0.3, 0.4) is 0 Å². The van der Waals surface area contributed by atoms with Crippen molar-refractivity contribution in [2.45, 2.75) is 6.92 Å². The summed E-state index contributed by atoms with van der Waals surface area (Å²) in [6, 6.07) is 9.76. The van der Waals surface area contributed by atoms with Gasteiger partial charge < -0.3 is 9.47 Å². The van der Waals surface area contributed by atoms with E-state index in [1.165, 1.54) is 4.90 Å². The van der Waals surface area contributed by atoms with Crippen molar-refractivity contribution in [2.75, 3.05) is 11.5 Å². The van der Waals surface area contributed by atoms with Crippen LogP contribution in [-0.4, -0.2) is 26.8 Å². The van der Waals surface area contributed by atoms with Crippen molar-refractivity contribution in [2.24, 2.45) is 0 Å². The van der Waals surface area contributed by atoms with E-state index in [2.05, 4.69) is 9.97 Å². The summed E-state index contributed by atoms with van der Waals surface area (Å²) < 4.78 is 25.5. The molecule has 34 heavy (non-hydrogen) atoms. The average molecular weight is 557 g/mol. The molecule has 1 aromatic heterocycles. The van der Waals surface area contributed by atoms with Gasteiger partial charge in [0.15, 0.2) is 15.8 Å². The Balaban J connectivity index is 1.63. The average Bonchev–Trinajstić information content (AvgIpc) is 3.07. The van der Waals surface area contributed by atoms with Crippen LogP contribution >= 0.6 is 58.8 Å². The smallest absolute Gasteiger partial charge is 0.270 e. The van der Waals surface area contributed by atoms with Crippen molar-refractivity contribution in [1.29, 1.82) is 0 Å². The number of benzene rings is 2. The molecule has 1 aliphatic rings. The molecule has 0 spiro atoms. The van der Waals surface area contributed by atoms with E-state index in [1.54, 1.807) is 49.4 Å². The highest BCUT2D eigenvalue weighted by atomic mass is 35.5. The van der Waals surface area contributed by atoms with Gasteiger partial charge in [0.1, 0.15) is 0 Å². The van der Waals surface area contributed by atoms with Gasteiger partial charge in [0.25, 0.3) is 11.8 Å². The summed E-state index contributed by atoms with van der Waals surface area (Å²) in [5, 5.41) is 0.534. The van der Waals surface area contributed by atoms with Gasteiger partial charge in [0.2, 0.25) is 11.1 Å². The molecule has 4 rings (SSSR count). The molecule has 0 N–H and O–H groups in total. The second kappa shape index (κ2) is 10.5. The Labute approximate surface area is 218 Å². The third-order valence-electron chi connectivity index (χ3n) is 4.41. The number of carbonyl (C=O) groups is 1. The highest BCUT2D eigenvalue weighted by molar-refractivity contribution is 8.27. The van der Waals surface area contributed by atoms with Crippen LogP contribution in [0.5, 0.6) is 17.4 Å². The molecular formula is C22H13Cl3FN3O3S2. The van der Waals surface area contributed by atoms with Gasteiger partial charge in [-0.25, -0.2) is 4.98 Å². The molecule has 1 amide bonds. The summed E-state index contributed by atoms with van der Waals surface area (Å²) in [6.07, 6.45) is 2.58.